The molecule has 0 spiro atoms. The first-order valence-electron chi connectivity index (χ1n) is 4.91. The van der Waals surface area contributed by atoms with Crippen LogP contribution >= 0.6 is 0 Å². The predicted octanol–water partition coefficient (Wildman–Crippen LogP) is 1.61. The van der Waals surface area contributed by atoms with E-state index in [2.05, 4.69) is 16.9 Å². The number of nitrogens with zero attached hydrogens (tertiary/aromatic N) is 1. The maximum absolute atomic E-state index is 11.2. The first-order chi connectivity index (χ1) is 7.93. The molecule has 5 heteroatoms. The third-order valence-electron chi connectivity index (χ3n) is 2.00. The molecule has 0 radical (unpaired) electrons. The summed E-state index contributed by atoms with van der Waals surface area (Å²) in [4.78, 5) is 37.5. The molecular weight excluding hydrogens is 220 g/mol. The Bertz CT molecular complexity index is 474. The van der Waals surface area contributed by atoms with Gasteiger partial charge in [0.1, 0.15) is 11.4 Å². The van der Waals surface area contributed by atoms with Crippen LogP contribution in [0.25, 0.3) is 0 Å². The molecule has 1 N–H and O–H groups in total. The van der Waals surface area contributed by atoms with Crippen molar-refractivity contribution in [1.29, 1.82) is 0 Å². The van der Waals surface area contributed by atoms with Gasteiger partial charge in [-0.25, -0.2) is 4.98 Å². The van der Waals surface area contributed by atoms with Crippen molar-refractivity contribution in [2.24, 2.45) is 0 Å². The SMILES string of the molecule is C=CC(=O)Nc1cc(C(C)=O)nc(C(C)=O)c1. The maximum Gasteiger partial charge on any atom is 0.247 e. The Morgan fingerprint density at radius 1 is 1.18 bits per heavy atom. The number of rotatable bonds is 4. The van der Waals surface area contributed by atoms with Crippen molar-refractivity contribution in [2.75, 3.05) is 5.32 Å². The van der Waals surface area contributed by atoms with Crippen molar-refractivity contribution in [3.8, 4) is 0 Å². The lowest BCUT2D eigenvalue weighted by Gasteiger charge is -2.06. The molecule has 0 aliphatic heterocycles. The highest BCUT2D eigenvalue weighted by molar-refractivity contribution is 6.02. The Labute approximate surface area is 98.6 Å². The lowest BCUT2D eigenvalue weighted by Crippen LogP contribution is -2.11. The van der Waals surface area contributed by atoms with Gasteiger partial charge in [0.15, 0.2) is 11.6 Å². The molecule has 17 heavy (non-hydrogen) atoms. The summed E-state index contributed by atoms with van der Waals surface area (Å²) in [6, 6.07) is 2.83. The standard InChI is InChI=1S/C12H12N2O3/c1-4-12(17)13-9-5-10(7(2)15)14-11(6-9)8(3)16/h4-6H,1H2,2-3H3,(H,13,14,17). The fourth-order valence-electron chi connectivity index (χ4n) is 1.16. The van der Waals surface area contributed by atoms with Crippen LogP contribution in [-0.2, 0) is 4.79 Å². The minimum Gasteiger partial charge on any atom is -0.322 e. The molecule has 0 aliphatic carbocycles. The van der Waals surface area contributed by atoms with Crippen molar-refractivity contribution in [2.45, 2.75) is 13.8 Å². The molecule has 0 unspecified atom stereocenters. The maximum atomic E-state index is 11.2. The van der Waals surface area contributed by atoms with Crippen LogP contribution in [0.1, 0.15) is 34.8 Å². The number of carbonyl (C=O) groups excluding carboxylic acids is 3. The molecule has 1 aromatic heterocycles. The Morgan fingerprint density at radius 2 is 1.65 bits per heavy atom. The van der Waals surface area contributed by atoms with E-state index in [1.54, 1.807) is 0 Å². The first-order valence-corrected chi connectivity index (χ1v) is 4.91. The Balaban J connectivity index is 3.21. The van der Waals surface area contributed by atoms with Crippen molar-refractivity contribution < 1.29 is 14.4 Å². The first kappa shape index (κ1) is 12.8. The number of aromatic nitrogens is 1. The highest BCUT2D eigenvalue weighted by Crippen LogP contribution is 2.13. The molecule has 88 valence electrons. The second kappa shape index (κ2) is 5.16. The summed E-state index contributed by atoms with van der Waals surface area (Å²) >= 11 is 0. The summed E-state index contributed by atoms with van der Waals surface area (Å²) in [5.41, 5.74) is 0.620. The van der Waals surface area contributed by atoms with Crippen molar-refractivity contribution in [1.82, 2.24) is 4.98 Å². The number of amides is 1. The smallest absolute Gasteiger partial charge is 0.247 e. The van der Waals surface area contributed by atoms with Gasteiger partial charge in [0.2, 0.25) is 5.91 Å². The summed E-state index contributed by atoms with van der Waals surface area (Å²) in [5, 5.41) is 2.48. The minimum atomic E-state index is -0.416. The van der Waals surface area contributed by atoms with Gasteiger partial charge >= 0.3 is 0 Å². The molecule has 1 aromatic rings. The van der Waals surface area contributed by atoms with Crippen LogP contribution < -0.4 is 5.32 Å². The lowest BCUT2D eigenvalue weighted by atomic mass is 10.2. The average Bonchev–Trinajstić information content (AvgIpc) is 2.28. The van der Waals surface area contributed by atoms with Gasteiger partial charge < -0.3 is 5.32 Å². The molecule has 0 aromatic carbocycles. The van der Waals surface area contributed by atoms with Gasteiger partial charge in [-0.3, -0.25) is 14.4 Å². The predicted molar refractivity (Wildman–Crippen MR) is 63.1 cm³/mol. The molecule has 0 aliphatic rings. The van der Waals surface area contributed by atoms with E-state index in [9.17, 15) is 14.4 Å². The van der Waals surface area contributed by atoms with Gasteiger partial charge in [-0.05, 0) is 18.2 Å². The zero-order chi connectivity index (χ0) is 13.0. The van der Waals surface area contributed by atoms with Crippen molar-refractivity contribution >= 4 is 23.2 Å². The zero-order valence-corrected chi connectivity index (χ0v) is 9.61. The number of Topliss-reactive ketones (excluding diaryl/α,β-unsaturated/α-hetero) is 2. The molecule has 1 amide bonds. The number of hydrogen-bond acceptors (Lipinski definition) is 4. The fraction of sp³-hybridized carbons (Fsp3) is 0.167. The van der Waals surface area contributed by atoms with E-state index in [0.29, 0.717) is 5.69 Å². The van der Waals surface area contributed by atoms with Gasteiger partial charge in [0.05, 0.1) is 0 Å². The molecule has 0 saturated heterocycles. The summed E-state index contributed by atoms with van der Waals surface area (Å²) in [5.74, 6) is -0.968. The van der Waals surface area contributed by atoms with Crippen LogP contribution in [0.15, 0.2) is 24.8 Å². The summed E-state index contributed by atoms with van der Waals surface area (Å²) in [7, 11) is 0. The van der Waals surface area contributed by atoms with E-state index in [0.717, 1.165) is 6.08 Å². The van der Waals surface area contributed by atoms with E-state index in [-0.39, 0.29) is 23.0 Å². The number of carbonyl (C=O) groups is 3. The van der Waals surface area contributed by atoms with Crippen LogP contribution in [0.5, 0.6) is 0 Å². The number of anilines is 1. The quantitative estimate of drug-likeness (QED) is 0.632. The second-order valence-electron chi connectivity index (χ2n) is 3.43. The highest BCUT2D eigenvalue weighted by Gasteiger charge is 2.10. The fourth-order valence-corrected chi connectivity index (χ4v) is 1.16. The molecular formula is C12H12N2O3. The molecule has 1 heterocycles. The van der Waals surface area contributed by atoms with Crippen molar-refractivity contribution in [3.05, 3.63) is 36.2 Å². The number of nitrogens with one attached hydrogen (secondary N) is 1. The molecule has 0 atom stereocenters. The monoisotopic (exact) mass is 232 g/mol. The van der Waals surface area contributed by atoms with Crippen LogP contribution in [0.4, 0.5) is 5.69 Å². The van der Waals surface area contributed by atoms with E-state index in [4.69, 9.17) is 0 Å². The summed E-state index contributed by atoms with van der Waals surface area (Å²) in [6.45, 7) is 5.99. The zero-order valence-electron chi connectivity index (χ0n) is 9.61. The molecule has 0 fully saturated rings. The van der Waals surface area contributed by atoms with Gasteiger partial charge in [0, 0.05) is 19.5 Å². The van der Waals surface area contributed by atoms with E-state index in [1.165, 1.54) is 26.0 Å². The molecule has 0 saturated carbocycles. The van der Waals surface area contributed by atoms with Crippen LogP contribution in [0.2, 0.25) is 0 Å². The van der Waals surface area contributed by atoms with Crippen LogP contribution in [0.3, 0.4) is 0 Å². The van der Waals surface area contributed by atoms with Crippen molar-refractivity contribution in [3.63, 3.8) is 0 Å². The second-order valence-corrected chi connectivity index (χ2v) is 3.43. The minimum absolute atomic E-state index is 0.136. The third-order valence-corrected chi connectivity index (χ3v) is 2.00. The normalized spacial score (nSPS) is 9.53. The van der Waals surface area contributed by atoms with Gasteiger partial charge in [-0.1, -0.05) is 6.58 Å². The summed E-state index contributed by atoms with van der Waals surface area (Å²) in [6.07, 6.45) is 1.10. The number of ketones is 2. The van der Waals surface area contributed by atoms with Gasteiger partial charge in [-0.2, -0.15) is 0 Å². The molecule has 0 bridgehead atoms. The third kappa shape index (κ3) is 3.34. The average molecular weight is 232 g/mol. The Hall–Kier alpha value is -2.30. The van der Waals surface area contributed by atoms with E-state index in [1.807, 2.05) is 0 Å². The number of hydrogen-bond donors (Lipinski definition) is 1. The Morgan fingerprint density at radius 3 is 2.00 bits per heavy atom. The Kier molecular flexibility index (Phi) is 3.87. The topological polar surface area (TPSA) is 76.1 Å². The van der Waals surface area contributed by atoms with E-state index >= 15 is 0 Å². The molecule has 1 rings (SSSR count). The van der Waals surface area contributed by atoms with Crippen LogP contribution in [-0.4, -0.2) is 22.5 Å². The van der Waals surface area contributed by atoms with Gasteiger partial charge in [-0.15, -0.1) is 0 Å². The van der Waals surface area contributed by atoms with Crippen LogP contribution in [0, 0.1) is 0 Å². The molecule has 5 nitrogen and oxygen atoms in total. The lowest BCUT2D eigenvalue weighted by molar-refractivity contribution is -0.111. The number of pyridine rings is 1. The summed E-state index contributed by atoms with van der Waals surface area (Å²) < 4.78 is 0. The van der Waals surface area contributed by atoms with E-state index < -0.39 is 5.91 Å². The van der Waals surface area contributed by atoms with Gasteiger partial charge in [0.25, 0.3) is 0 Å². The largest absolute Gasteiger partial charge is 0.322 e. The highest BCUT2D eigenvalue weighted by atomic mass is 16.1.